The lowest BCUT2D eigenvalue weighted by molar-refractivity contribution is 0.127. The van der Waals surface area contributed by atoms with Crippen LogP contribution in [0.5, 0.6) is 0 Å². The smallest absolute Gasteiger partial charge is 0.152 e. The van der Waals surface area contributed by atoms with Crippen LogP contribution in [-0.4, -0.2) is 45.2 Å². The molecule has 16 heavy (non-hydrogen) atoms. The lowest BCUT2D eigenvalue weighted by atomic mass is 10.3. The van der Waals surface area contributed by atoms with Crippen LogP contribution in [0.1, 0.15) is 32.1 Å². The molecule has 1 unspecified atom stereocenters. The third-order valence-electron chi connectivity index (χ3n) is 3.11. The van der Waals surface area contributed by atoms with E-state index in [4.69, 9.17) is 4.74 Å². The Balaban J connectivity index is 1.61. The SMILES string of the molecule is O=S(=O)(CCCNC1CC1)CC1CCCO1. The van der Waals surface area contributed by atoms with Gasteiger partial charge in [-0.1, -0.05) is 0 Å². The zero-order valence-electron chi connectivity index (χ0n) is 9.65. The first-order valence-corrected chi connectivity index (χ1v) is 8.03. The molecule has 1 heterocycles. The van der Waals surface area contributed by atoms with Crippen LogP contribution in [-0.2, 0) is 14.6 Å². The van der Waals surface area contributed by atoms with Gasteiger partial charge < -0.3 is 10.1 Å². The second-order valence-corrected chi connectivity index (χ2v) is 7.06. The van der Waals surface area contributed by atoms with Crippen LogP contribution in [0.4, 0.5) is 0 Å². The van der Waals surface area contributed by atoms with Crippen molar-refractivity contribution >= 4 is 9.84 Å². The number of nitrogens with one attached hydrogen (secondary N) is 1. The zero-order chi connectivity index (χ0) is 11.4. The lowest BCUT2D eigenvalue weighted by Gasteiger charge is -2.10. The molecule has 0 aromatic carbocycles. The first-order valence-electron chi connectivity index (χ1n) is 6.21. The van der Waals surface area contributed by atoms with E-state index >= 15 is 0 Å². The maximum absolute atomic E-state index is 11.7. The molecule has 1 aliphatic heterocycles. The first-order chi connectivity index (χ1) is 7.66. The van der Waals surface area contributed by atoms with Crippen molar-refractivity contribution in [3.05, 3.63) is 0 Å². The third kappa shape index (κ3) is 4.39. The molecule has 0 amide bonds. The molecule has 2 rings (SSSR count). The molecule has 2 aliphatic rings. The maximum Gasteiger partial charge on any atom is 0.152 e. The maximum atomic E-state index is 11.7. The highest BCUT2D eigenvalue weighted by atomic mass is 32.2. The van der Waals surface area contributed by atoms with E-state index in [1.807, 2.05) is 0 Å². The Morgan fingerprint density at radius 2 is 2.06 bits per heavy atom. The van der Waals surface area contributed by atoms with E-state index in [0.717, 1.165) is 32.4 Å². The molecule has 0 bridgehead atoms. The molecular formula is C11H21NO3S. The molecule has 1 saturated carbocycles. The number of hydrogen-bond donors (Lipinski definition) is 1. The van der Waals surface area contributed by atoms with Crippen molar-refractivity contribution in [3.63, 3.8) is 0 Å². The number of sulfone groups is 1. The summed E-state index contributed by atoms with van der Waals surface area (Å²) in [5.41, 5.74) is 0. The summed E-state index contributed by atoms with van der Waals surface area (Å²) in [5.74, 6) is 0.517. The van der Waals surface area contributed by atoms with Crippen molar-refractivity contribution in [1.82, 2.24) is 5.32 Å². The van der Waals surface area contributed by atoms with Crippen molar-refractivity contribution < 1.29 is 13.2 Å². The molecular weight excluding hydrogens is 226 g/mol. The second-order valence-electron chi connectivity index (χ2n) is 4.83. The van der Waals surface area contributed by atoms with Gasteiger partial charge in [0.2, 0.25) is 0 Å². The minimum Gasteiger partial charge on any atom is -0.377 e. The summed E-state index contributed by atoms with van der Waals surface area (Å²) in [6, 6.07) is 0.667. The predicted octanol–water partition coefficient (Wildman–Crippen LogP) is 0.722. The third-order valence-corrected chi connectivity index (χ3v) is 4.90. The second kappa shape index (κ2) is 5.47. The van der Waals surface area contributed by atoms with E-state index in [2.05, 4.69) is 5.32 Å². The first kappa shape index (κ1) is 12.3. The molecule has 0 aromatic heterocycles. The average Bonchev–Trinajstić information content (AvgIpc) is 2.91. The number of hydrogen-bond acceptors (Lipinski definition) is 4. The minimum absolute atomic E-state index is 0.0404. The van der Waals surface area contributed by atoms with Crippen LogP contribution >= 0.6 is 0 Å². The minimum atomic E-state index is -2.91. The van der Waals surface area contributed by atoms with Gasteiger partial charge in [0.1, 0.15) is 0 Å². The Bertz CT molecular complexity index is 305. The standard InChI is InChI=1S/C11H21NO3S/c13-16(14,9-11-3-1-7-15-11)8-2-6-12-10-4-5-10/h10-12H,1-9H2. The molecule has 1 saturated heterocycles. The topological polar surface area (TPSA) is 55.4 Å². The van der Waals surface area contributed by atoms with Crippen LogP contribution in [0.2, 0.25) is 0 Å². The van der Waals surface area contributed by atoms with Crippen molar-refractivity contribution in [2.75, 3.05) is 24.7 Å². The lowest BCUT2D eigenvalue weighted by Crippen LogP contribution is -2.25. The van der Waals surface area contributed by atoms with Gasteiger partial charge in [0.15, 0.2) is 9.84 Å². The molecule has 1 atom stereocenters. The Morgan fingerprint density at radius 1 is 1.25 bits per heavy atom. The summed E-state index contributed by atoms with van der Waals surface area (Å²) >= 11 is 0. The van der Waals surface area contributed by atoms with Crippen LogP contribution in [0.15, 0.2) is 0 Å². The zero-order valence-corrected chi connectivity index (χ0v) is 10.5. The summed E-state index contributed by atoms with van der Waals surface area (Å²) in [7, 11) is -2.91. The number of rotatable bonds is 7. The van der Waals surface area contributed by atoms with Crippen molar-refractivity contribution in [2.45, 2.75) is 44.2 Å². The van der Waals surface area contributed by atoms with E-state index < -0.39 is 9.84 Å². The van der Waals surface area contributed by atoms with Crippen molar-refractivity contribution in [1.29, 1.82) is 0 Å². The van der Waals surface area contributed by atoms with Crippen molar-refractivity contribution in [3.8, 4) is 0 Å². The average molecular weight is 247 g/mol. The Hall–Kier alpha value is -0.130. The summed E-state index contributed by atoms with van der Waals surface area (Å²) < 4.78 is 28.8. The van der Waals surface area contributed by atoms with E-state index in [0.29, 0.717) is 11.8 Å². The van der Waals surface area contributed by atoms with Gasteiger partial charge in [-0.25, -0.2) is 8.42 Å². The van der Waals surface area contributed by atoms with E-state index in [9.17, 15) is 8.42 Å². The molecule has 2 fully saturated rings. The predicted molar refractivity (Wildman–Crippen MR) is 63.3 cm³/mol. The Morgan fingerprint density at radius 3 is 2.69 bits per heavy atom. The van der Waals surface area contributed by atoms with E-state index in [1.165, 1.54) is 12.8 Å². The summed E-state index contributed by atoms with van der Waals surface area (Å²) in [6.07, 6.45) is 5.10. The van der Waals surface area contributed by atoms with Crippen LogP contribution in [0, 0.1) is 0 Å². The van der Waals surface area contributed by atoms with E-state index in [-0.39, 0.29) is 11.9 Å². The fourth-order valence-corrected chi connectivity index (χ4v) is 3.61. The molecule has 0 spiro atoms. The molecule has 4 nitrogen and oxygen atoms in total. The van der Waals surface area contributed by atoms with Gasteiger partial charge in [0.25, 0.3) is 0 Å². The quantitative estimate of drug-likeness (QED) is 0.674. The van der Waals surface area contributed by atoms with Gasteiger partial charge >= 0.3 is 0 Å². The normalized spacial score (nSPS) is 26.1. The van der Waals surface area contributed by atoms with Gasteiger partial charge in [-0.3, -0.25) is 0 Å². The fourth-order valence-electron chi connectivity index (χ4n) is 2.03. The highest BCUT2D eigenvalue weighted by Gasteiger charge is 2.23. The van der Waals surface area contributed by atoms with Crippen molar-refractivity contribution in [2.24, 2.45) is 0 Å². The Kier molecular flexibility index (Phi) is 4.21. The summed E-state index contributed by atoms with van der Waals surface area (Å²) in [4.78, 5) is 0. The monoisotopic (exact) mass is 247 g/mol. The van der Waals surface area contributed by atoms with Crippen LogP contribution < -0.4 is 5.32 Å². The molecule has 5 heteroatoms. The summed E-state index contributed by atoms with van der Waals surface area (Å²) in [6.45, 7) is 1.55. The largest absolute Gasteiger partial charge is 0.377 e. The molecule has 1 N–H and O–H groups in total. The van der Waals surface area contributed by atoms with Gasteiger partial charge in [0.05, 0.1) is 17.6 Å². The van der Waals surface area contributed by atoms with Gasteiger partial charge in [0, 0.05) is 12.6 Å². The molecule has 94 valence electrons. The number of ether oxygens (including phenoxy) is 1. The fraction of sp³-hybridized carbons (Fsp3) is 1.00. The summed E-state index contributed by atoms with van der Waals surface area (Å²) in [5, 5.41) is 3.33. The van der Waals surface area contributed by atoms with E-state index in [1.54, 1.807) is 0 Å². The highest BCUT2D eigenvalue weighted by Crippen LogP contribution is 2.18. The highest BCUT2D eigenvalue weighted by molar-refractivity contribution is 7.91. The van der Waals surface area contributed by atoms with Gasteiger partial charge in [-0.2, -0.15) is 0 Å². The van der Waals surface area contributed by atoms with Gasteiger partial charge in [-0.15, -0.1) is 0 Å². The van der Waals surface area contributed by atoms with Gasteiger partial charge in [-0.05, 0) is 38.6 Å². The molecule has 0 radical (unpaired) electrons. The molecule has 0 aromatic rings. The van der Waals surface area contributed by atoms with Crippen LogP contribution in [0.3, 0.4) is 0 Å². The van der Waals surface area contributed by atoms with Crippen LogP contribution in [0.25, 0.3) is 0 Å². The molecule has 1 aliphatic carbocycles. The Labute approximate surface area is 97.7 Å².